The molecule has 3 nitrogen and oxygen atoms in total. The molecule has 0 spiro atoms. The fourth-order valence-corrected chi connectivity index (χ4v) is 2.56. The minimum absolute atomic E-state index is 0.258. The fourth-order valence-electron chi connectivity index (χ4n) is 2.56. The molecular weight excluding hydrogens is 233 g/mol. The molecule has 4 heteroatoms. The number of benzene rings is 1. The van der Waals surface area contributed by atoms with Gasteiger partial charge in [-0.05, 0) is 43.5 Å². The Morgan fingerprint density at radius 1 is 1.50 bits per heavy atom. The number of hydrogen-bond donors (Lipinski definition) is 1. The monoisotopic (exact) mass is 251 g/mol. The van der Waals surface area contributed by atoms with Gasteiger partial charge in [-0.25, -0.2) is 4.39 Å². The maximum absolute atomic E-state index is 13.2. The number of piperidine rings is 1. The highest BCUT2D eigenvalue weighted by Crippen LogP contribution is 2.25. The van der Waals surface area contributed by atoms with Gasteiger partial charge >= 0.3 is 5.97 Å². The molecule has 0 radical (unpaired) electrons. The number of rotatable bonds is 3. The van der Waals surface area contributed by atoms with Crippen LogP contribution >= 0.6 is 0 Å². The number of carbonyl (C=O) groups is 1. The highest BCUT2D eigenvalue weighted by atomic mass is 19.1. The lowest BCUT2D eigenvalue weighted by Crippen LogP contribution is -2.56. The molecule has 1 heterocycles. The van der Waals surface area contributed by atoms with Crippen molar-refractivity contribution in [2.75, 3.05) is 13.7 Å². The second-order valence-electron chi connectivity index (χ2n) is 4.76. The zero-order chi connectivity index (χ0) is 13.0. The SMILES string of the molecule is COC(=O)C1(Cc2cccc(F)c2)CCCCN1. The molecule has 1 aliphatic rings. The minimum Gasteiger partial charge on any atom is -0.468 e. The van der Waals surface area contributed by atoms with Gasteiger partial charge in [0.2, 0.25) is 0 Å². The van der Waals surface area contributed by atoms with Crippen molar-refractivity contribution in [3.05, 3.63) is 35.6 Å². The molecule has 1 aromatic carbocycles. The van der Waals surface area contributed by atoms with Gasteiger partial charge in [-0.2, -0.15) is 0 Å². The van der Waals surface area contributed by atoms with E-state index in [0.29, 0.717) is 6.42 Å². The van der Waals surface area contributed by atoms with Gasteiger partial charge < -0.3 is 10.1 Å². The lowest BCUT2D eigenvalue weighted by Gasteiger charge is -2.35. The van der Waals surface area contributed by atoms with Crippen LogP contribution in [0, 0.1) is 5.82 Å². The summed E-state index contributed by atoms with van der Waals surface area (Å²) in [6.07, 6.45) is 3.24. The molecule has 1 aliphatic heterocycles. The van der Waals surface area contributed by atoms with E-state index >= 15 is 0 Å². The van der Waals surface area contributed by atoms with Crippen molar-refractivity contribution in [2.24, 2.45) is 0 Å². The van der Waals surface area contributed by atoms with E-state index in [-0.39, 0.29) is 11.8 Å². The molecule has 1 fully saturated rings. The molecule has 0 bridgehead atoms. The van der Waals surface area contributed by atoms with Gasteiger partial charge in [-0.3, -0.25) is 4.79 Å². The first-order valence-corrected chi connectivity index (χ1v) is 6.24. The Morgan fingerprint density at radius 3 is 2.94 bits per heavy atom. The Bertz CT molecular complexity index is 428. The van der Waals surface area contributed by atoms with Crippen LogP contribution in [-0.4, -0.2) is 25.2 Å². The zero-order valence-corrected chi connectivity index (χ0v) is 10.5. The number of hydrogen-bond acceptors (Lipinski definition) is 3. The molecule has 98 valence electrons. The third kappa shape index (κ3) is 2.70. The quantitative estimate of drug-likeness (QED) is 0.836. The van der Waals surface area contributed by atoms with Crippen LogP contribution in [0.5, 0.6) is 0 Å². The summed E-state index contributed by atoms with van der Waals surface area (Å²) in [5.74, 6) is -0.533. The van der Waals surface area contributed by atoms with Crippen molar-refractivity contribution in [2.45, 2.75) is 31.2 Å². The van der Waals surface area contributed by atoms with Gasteiger partial charge in [0.25, 0.3) is 0 Å². The predicted molar refractivity (Wildman–Crippen MR) is 66.7 cm³/mol. The Balaban J connectivity index is 2.22. The van der Waals surface area contributed by atoms with Crippen molar-refractivity contribution in [3.8, 4) is 0 Å². The van der Waals surface area contributed by atoms with Crippen LogP contribution in [0.25, 0.3) is 0 Å². The molecule has 2 rings (SSSR count). The number of nitrogens with one attached hydrogen (secondary N) is 1. The number of methoxy groups -OCH3 is 1. The van der Waals surface area contributed by atoms with Crippen LogP contribution in [0.3, 0.4) is 0 Å². The van der Waals surface area contributed by atoms with Crippen LogP contribution in [0.2, 0.25) is 0 Å². The van der Waals surface area contributed by atoms with Crippen molar-refractivity contribution in [1.82, 2.24) is 5.32 Å². The van der Waals surface area contributed by atoms with E-state index in [4.69, 9.17) is 4.74 Å². The van der Waals surface area contributed by atoms with Crippen molar-refractivity contribution < 1.29 is 13.9 Å². The number of ether oxygens (including phenoxy) is 1. The lowest BCUT2D eigenvalue weighted by molar-refractivity contribution is -0.149. The van der Waals surface area contributed by atoms with Crippen LogP contribution in [-0.2, 0) is 16.0 Å². The molecule has 1 unspecified atom stereocenters. The summed E-state index contributed by atoms with van der Waals surface area (Å²) < 4.78 is 18.1. The predicted octanol–water partition coefficient (Wildman–Crippen LogP) is 2.05. The first-order valence-electron chi connectivity index (χ1n) is 6.24. The Hall–Kier alpha value is -1.42. The number of esters is 1. The molecule has 1 saturated heterocycles. The average Bonchev–Trinajstić information content (AvgIpc) is 2.39. The fraction of sp³-hybridized carbons (Fsp3) is 0.500. The van der Waals surface area contributed by atoms with E-state index < -0.39 is 5.54 Å². The van der Waals surface area contributed by atoms with Crippen LogP contribution in [0.1, 0.15) is 24.8 Å². The molecule has 1 atom stereocenters. The molecular formula is C14H18FNO2. The van der Waals surface area contributed by atoms with Gasteiger partial charge in [-0.1, -0.05) is 12.1 Å². The normalized spacial score (nSPS) is 23.7. The minimum atomic E-state index is -0.694. The van der Waals surface area contributed by atoms with E-state index in [2.05, 4.69) is 5.32 Å². The summed E-state index contributed by atoms with van der Waals surface area (Å²) in [6.45, 7) is 0.796. The molecule has 1 N–H and O–H groups in total. The summed E-state index contributed by atoms with van der Waals surface area (Å²) >= 11 is 0. The highest BCUT2D eigenvalue weighted by Gasteiger charge is 2.40. The third-order valence-electron chi connectivity index (χ3n) is 3.46. The second kappa shape index (κ2) is 5.48. The third-order valence-corrected chi connectivity index (χ3v) is 3.46. The first kappa shape index (κ1) is 13.0. The number of halogens is 1. The van der Waals surface area contributed by atoms with E-state index in [1.807, 2.05) is 6.07 Å². The Morgan fingerprint density at radius 2 is 2.33 bits per heavy atom. The van der Waals surface area contributed by atoms with Crippen LogP contribution < -0.4 is 5.32 Å². The number of carbonyl (C=O) groups excluding carboxylic acids is 1. The molecule has 0 aliphatic carbocycles. The van der Waals surface area contributed by atoms with E-state index in [0.717, 1.165) is 31.4 Å². The van der Waals surface area contributed by atoms with Gasteiger partial charge in [0, 0.05) is 6.42 Å². The van der Waals surface area contributed by atoms with Gasteiger partial charge in [0.15, 0.2) is 0 Å². The molecule has 0 saturated carbocycles. The van der Waals surface area contributed by atoms with E-state index in [9.17, 15) is 9.18 Å². The summed E-state index contributed by atoms with van der Waals surface area (Å²) in [6, 6.07) is 6.38. The summed E-state index contributed by atoms with van der Waals surface area (Å²) in [5, 5.41) is 3.25. The standard InChI is InChI=1S/C14H18FNO2/c1-18-13(17)14(7-2-3-8-16-14)10-11-5-4-6-12(15)9-11/h4-6,9,16H,2-3,7-8,10H2,1H3. The molecule has 18 heavy (non-hydrogen) atoms. The molecule has 0 amide bonds. The van der Waals surface area contributed by atoms with Crippen LogP contribution in [0.4, 0.5) is 4.39 Å². The molecule has 1 aromatic rings. The smallest absolute Gasteiger partial charge is 0.326 e. The van der Waals surface area contributed by atoms with E-state index in [1.165, 1.54) is 19.2 Å². The summed E-state index contributed by atoms with van der Waals surface area (Å²) in [5.41, 5.74) is 0.121. The lowest BCUT2D eigenvalue weighted by atomic mass is 9.83. The first-order chi connectivity index (χ1) is 8.66. The van der Waals surface area contributed by atoms with Gasteiger partial charge in [0.1, 0.15) is 11.4 Å². The maximum Gasteiger partial charge on any atom is 0.326 e. The zero-order valence-electron chi connectivity index (χ0n) is 10.5. The summed E-state index contributed by atoms with van der Waals surface area (Å²) in [4.78, 5) is 12.0. The topological polar surface area (TPSA) is 38.3 Å². The summed E-state index contributed by atoms with van der Waals surface area (Å²) in [7, 11) is 1.39. The maximum atomic E-state index is 13.2. The second-order valence-corrected chi connectivity index (χ2v) is 4.76. The average molecular weight is 251 g/mol. The van der Waals surface area contributed by atoms with Crippen molar-refractivity contribution in [3.63, 3.8) is 0 Å². The molecule has 0 aromatic heterocycles. The highest BCUT2D eigenvalue weighted by molar-refractivity contribution is 5.81. The van der Waals surface area contributed by atoms with Crippen molar-refractivity contribution in [1.29, 1.82) is 0 Å². The Labute approximate surface area is 106 Å². The van der Waals surface area contributed by atoms with Crippen molar-refractivity contribution >= 4 is 5.97 Å². The largest absolute Gasteiger partial charge is 0.468 e. The van der Waals surface area contributed by atoms with Gasteiger partial charge in [-0.15, -0.1) is 0 Å². The Kier molecular flexibility index (Phi) is 3.97. The van der Waals surface area contributed by atoms with Crippen LogP contribution in [0.15, 0.2) is 24.3 Å². The van der Waals surface area contributed by atoms with E-state index in [1.54, 1.807) is 6.07 Å². The van der Waals surface area contributed by atoms with Gasteiger partial charge in [0.05, 0.1) is 7.11 Å².